The minimum atomic E-state index is -0.597. The molecular formula is C28H23ClO7. The summed E-state index contributed by atoms with van der Waals surface area (Å²) in [6.45, 7) is 3.72. The van der Waals surface area contributed by atoms with Gasteiger partial charge in [0.25, 0.3) is 0 Å². The minimum Gasteiger partial charge on any atom is -0.493 e. The van der Waals surface area contributed by atoms with Crippen molar-refractivity contribution in [3.8, 4) is 28.7 Å². The first-order chi connectivity index (χ1) is 17.3. The molecular weight excluding hydrogens is 484 g/mol. The van der Waals surface area contributed by atoms with E-state index in [1.165, 1.54) is 37.6 Å². The van der Waals surface area contributed by atoms with E-state index in [9.17, 15) is 9.59 Å². The summed E-state index contributed by atoms with van der Waals surface area (Å²) in [6.07, 6.45) is 4.11. The molecule has 0 saturated carbocycles. The van der Waals surface area contributed by atoms with Crippen LogP contribution < -0.4 is 24.4 Å². The Morgan fingerprint density at radius 2 is 1.61 bits per heavy atom. The van der Waals surface area contributed by atoms with E-state index in [4.69, 9.17) is 35.0 Å². The number of carbonyl (C=O) groups excluding carboxylic acids is 1. The van der Waals surface area contributed by atoms with E-state index in [-0.39, 0.29) is 27.9 Å². The summed E-state index contributed by atoms with van der Waals surface area (Å²) in [5.74, 6) is 1.27. The average Bonchev–Trinajstić information content (AvgIpc) is 2.87. The van der Waals surface area contributed by atoms with Crippen LogP contribution in [0.2, 0.25) is 5.02 Å². The first-order valence-electron chi connectivity index (χ1n) is 10.9. The Balaban J connectivity index is 1.50. The Bertz CT molecular complexity index is 1510. The molecule has 7 nitrogen and oxygen atoms in total. The molecule has 0 unspecified atom stereocenters. The molecule has 4 rings (SSSR count). The first-order valence-corrected chi connectivity index (χ1v) is 11.3. The van der Waals surface area contributed by atoms with Gasteiger partial charge in [-0.25, -0.2) is 4.79 Å². The lowest BCUT2D eigenvalue weighted by Gasteiger charge is -2.09. The maximum Gasteiger partial charge on any atom is 0.336 e. The van der Waals surface area contributed by atoms with E-state index in [0.717, 1.165) is 16.7 Å². The lowest BCUT2D eigenvalue weighted by Crippen LogP contribution is -2.06. The predicted molar refractivity (Wildman–Crippen MR) is 138 cm³/mol. The second kappa shape index (κ2) is 10.6. The smallest absolute Gasteiger partial charge is 0.336 e. The van der Waals surface area contributed by atoms with Crippen LogP contribution in [0.15, 0.2) is 70.1 Å². The molecule has 36 heavy (non-hydrogen) atoms. The van der Waals surface area contributed by atoms with Crippen molar-refractivity contribution in [2.45, 2.75) is 13.8 Å². The number of halogens is 1. The van der Waals surface area contributed by atoms with Gasteiger partial charge in [0.1, 0.15) is 23.3 Å². The number of fused-ring (bicyclic) bond motifs is 1. The fraction of sp³-hybridized carbons (Fsp3) is 0.143. The van der Waals surface area contributed by atoms with Crippen LogP contribution in [-0.4, -0.2) is 20.2 Å². The summed E-state index contributed by atoms with van der Waals surface area (Å²) in [4.78, 5) is 25.2. The number of hydrogen-bond donors (Lipinski definition) is 0. The summed E-state index contributed by atoms with van der Waals surface area (Å²) in [7, 11) is 3.08. The van der Waals surface area contributed by atoms with Gasteiger partial charge < -0.3 is 23.4 Å². The third kappa shape index (κ3) is 5.37. The maximum atomic E-state index is 12.9. The second-order valence-corrected chi connectivity index (χ2v) is 8.31. The van der Waals surface area contributed by atoms with Gasteiger partial charge in [0, 0.05) is 17.2 Å². The number of rotatable bonds is 7. The van der Waals surface area contributed by atoms with Gasteiger partial charge in [-0.05, 0) is 73.0 Å². The number of benzene rings is 3. The molecule has 3 aromatic carbocycles. The van der Waals surface area contributed by atoms with Crippen LogP contribution in [0.4, 0.5) is 0 Å². The molecule has 184 valence electrons. The third-order valence-corrected chi connectivity index (χ3v) is 5.99. The topological polar surface area (TPSA) is 84.2 Å². The fourth-order valence-corrected chi connectivity index (χ4v) is 3.70. The minimum absolute atomic E-state index is 0.0335. The summed E-state index contributed by atoms with van der Waals surface area (Å²) >= 11 is 6.20. The highest BCUT2D eigenvalue weighted by molar-refractivity contribution is 6.32. The Labute approximate surface area is 212 Å². The number of methoxy groups -OCH3 is 2. The summed E-state index contributed by atoms with van der Waals surface area (Å²) in [5.41, 5.74) is 2.30. The number of aryl methyl sites for hydroxylation is 2. The van der Waals surface area contributed by atoms with E-state index in [0.29, 0.717) is 22.3 Å². The number of esters is 1. The second-order valence-electron chi connectivity index (χ2n) is 7.93. The SMILES string of the molecule is COc1ccc(/C=C/C(=O)Oc2ccc3c(=O)c(Oc4cc(C)c(Cl)c(C)c4)coc3c2)cc1OC. The molecule has 0 bridgehead atoms. The quantitative estimate of drug-likeness (QED) is 0.161. The molecule has 0 saturated heterocycles. The zero-order valence-corrected chi connectivity index (χ0v) is 20.8. The van der Waals surface area contributed by atoms with Crippen molar-refractivity contribution in [2.24, 2.45) is 0 Å². The molecule has 0 atom stereocenters. The van der Waals surface area contributed by atoms with Crippen LogP contribution >= 0.6 is 11.6 Å². The zero-order chi connectivity index (χ0) is 25.8. The van der Waals surface area contributed by atoms with E-state index < -0.39 is 5.97 Å². The fourth-order valence-electron chi connectivity index (χ4n) is 3.59. The molecule has 0 aliphatic carbocycles. The number of carbonyl (C=O) groups is 1. The van der Waals surface area contributed by atoms with Crippen LogP contribution in [0.1, 0.15) is 16.7 Å². The van der Waals surface area contributed by atoms with E-state index in [1.54, 1.807) is 43.5 Å². The van der Waals surface area contributed by atoms with Crippen molar-refractivity contribution in [3.05, 3.63) is 92.8 Å². The largest absolute Gasteiger partial charge is 0.493 e. The van der Waals surface area contributed by atoms with Gasteiger partial charge >= 0.3 is 5.97 Å². The van der Waals surface area contributed by atoms with Crippen molar-refractivity contribution in [1.29, 1.82) is 0 Å². The van der Waals surface area contributed by atoms with Gasteiger partial charge in [-0.2, -0.15) is 0 Å². The van der Waals surface area contributed by atoms with E-state index in [1.807, 2.05) is 13.8 Å². The number of ether oxygens (including phenoxy) is 4. The van der Waals surface area contributed by atoms with E-state index >= 15 is 0 Å². The van der Waals surface area contributed by atoms with Crippen molar-refractivity contribution < 1.29 is 28.2 Å². The van der Waals surface area contributed by atoms with Crippen LogP contribution in [0.3, 0.4) is 0 Å². The standard InChI is InChI=1S/C28H23ClO7/c1-16-11-20(12-17(2)27(16)29)35-25-15-34-23-14-19(7-8-21(23)28(25)31)36-26(30)10-6-18-5-9-22(32-3)24(13-18)33-4/h5-15H,1-4H3/b10-6+. The predicted octanol–water partition coefficient (Wildman–Crippen LogP) is 6.49. The van der Waals surface area contributed by atoms with Crippen molar-refractivity contribution in [2.75, 3.05) is 14.2 Å². The summed E-state index contributed by atoms with van der Waals surface area (Å²) in [5, 5.41) is 0.934. The molecule has 0 aliphatic heterocycles. The van der Waals surface area contributed by atoms with Crippen LogP contribution in [-0.2, 0) is 4.79 Å². The van der Waals surface area contributed by atoms with Crippen molar-refractivity contribution >= 4 is 34.6 Å². The zero-order valence-electron chi connectivity index (χ0n) is 20.1. The van der Waals surface area contributed by atoms with Gasteiger partial charge in [-0.3, -0.25) is 4.79 Å². The molecule has 0 fully saturated rings. The third-order valence-electron chi connectivity index (χ3n) is 5.39. The van der Waals surface area contributed by atoms with Gasteiger partial charge in [0.05, 0.1) is 19.6 Å². The highest BCUT2D eigenvalue weighted by Crippen LogP contribution is 2.30. The monoisotopic (exact) mass is 506 g/mol. The van der Waals surface area contributed by atoms with E-state index in [2.05, 4.69) is 0 Å². The van der Waals surface area contributed by atoms with Gasteiger partial charge in [0.2, 0.25) is 11.2 Å². The Hall–Kier alpha value is -4.23. The maximum absolute atomic E-state index is 12.9. The molecule has 4 aromatic rings. The lowest BCUT2D eigenvalue weighted by molar-refractivity contribution is -0.128. The van der Waals surface area contributed by atoms with Gasteiger partial charge in [0.15, 0.2) is 11.5 Å². The van der Waals surface area contributed by atoms with Gasteiger partial charge in [-0.1, -0.05) is 17.7 Å². The Morgan fingerprint density at radius 1 is 0.889 bits per heavy atom. The summed E-state index contributed by atoms with van der Waals surface area (Å²) in [6, 6.07) is 13.3. The molecule has 0 aliphatic rings. The molecule has 1 heterocycles. The van der Waals surface area contributed by atoms with Crippen LogP contribution in [0, 0.1) is 13.8 Å². The van der Waals surface area contributed by atoms with Crippen molar-refractivity contribution in [3.63, 3.8) is 0 Å². The van der Waals surface area contributed by atoms with Crippen LogP contribution in [0.5, 0.6) is 28.7 Å². The highest BCUT2D eigenvalue weighted by Gasteiger charge is 2.13. The lowest BCUT2D eigenvalue weighted by atomic mass is 10.1. The molecule has 1 aromatic heterocycles. The normalized spacial score (nSPS) is 11.0. The summed E-state index contributed by atoms with van der Waals surface area (Å²) < 4.78 is 27.2. The molecule has 0 radical (unpaired) electrons. The highest BCUT2D eigenvalue weighted by atomic mass is 35.5. The van der Waals surface area contributed by atoms with Crippen molar-refractivity contribution in [1.82, 2.24) is 0 Å². The molecule has 0 spiro atoms. The first kappa shape index (κ1) is 24.9. The molecule has 0 N–H and O–H groups in total. The average molecular weight is 507 g/mol. The molecule has 8 heteroatoms. The Morgan fingerprint density at radius 3 is 2.31 bits per heavy atom. The molecule has 0 amide bonds. The Kier molecular flexibility index (Phi) is 7.31. The van der Waals surface area contributed by atoms with Crippen LogP contribution in [0.25, 0.3) is 17.0 Å². The number of hydrogen-bond acceptors (Lipinski definition) is 7. The van der Waals surface area contributed by atoms with Gasteiger partial charge in [-0.15, -0.1) is 0 Å².